The van der Waals surface area contributed by atoms with Gasteiger partial charge in [0.25, 0.3) is 0 Å². The molecule has 2 bridgehead atoms. The van der Waals surface area contributed by atoms with Gasteiger partial charge < -0.3 is 19.7 Å². The molecule has 130 valence electrons. The summed E-state index contributed by atoms with van der Waals surface area (Å²) < 4.78 is 12.3. The maximum Gasteiger partial charge on any atom is 0.164 e. The molecule has 0 radical (unpaired) electrons. The third kappa shape index (κ3) is 1.66. The zero-order chi connectivity index (χ0) is 16.9. The molecule has 1 saturated carbocycles. The monoisotopic (exact) mass is 330 g/mol. The molecule has 0 aromatic heterocycles. The average molecular weight is 330 g/mol. The normalized spacial score (nSPS) is 41.3. The third-order valence-electron chi connectivity index (χ3n) is 7.06. The first-order chi connectivity index (χ1) is 11.3. The smallest absolute Gasteiger partial charge is 0.164 e. The zero-order valence-electron chi connectivity index (χ0n) is 14.6. The summed E-state index contributed by atoms with van der Waals surface area (Å²) in [5, 5.41) is 22.0. The van der Waals surface area contributed by atoms with Crippen molar-refractivity contribution >= 4 is 0 Å². The second-order valence-corrected chi connectivity index (χ2v) is 9.01. The van der Waals surface area contributed by atoms with Crippen molar-refractivity contribution < 1.29 is 19.7 Å². The number of benzene rings is 1. The molecule has 4 nitrogen and oxygen atoms in total. The molecule has 0 amide bonds. The Morgan fingerprint density at radius 1 is 1.21 bits per heavy atom. The number of rotatable bonds is 0. The first kappa shape index (κ1) is 15.0. The fraction of sp³-hybridized carbons (Fsp3) is 0.700. The number of aromatic hydroxyl groups is 1. The summed E-state index contributed by atoms with van der Waals surface area (Å²) in [4.78, 5) is 0. The van der Waals surface area contributed by atoms with Crippen LogP contribution in [0.1, 0.15) is 68.7 Å². The van der Waals surface area contributed by atoms with Gasteiger partial charge in [0.2, 0.25) is 0 Å². The molecule has 1 saturated heterocycles. The van der Waals surface area contributed by atoms with E-state index in [0.29, 0.717) is 18.8 Å². The number of hydrogen-bond donors (Lipinski definition) is 2. The van der Waals surface area contributed by atoms with E-state index in [1.54, 1.807) is 0 Å². The number of fused-ring (bicyclic) bond motifs is 4. The average Bonchev–Trinajstić information content (AvgIpc) is 2.99. The minimum Gasteiger partial charge on any atom is -0.504 e. The summed E-state index contributed by atoms with van der Waals surface area (Å²) >= 11 is 0. The lowest BCUT2D eigenvalue weighted by Gasteiger charge is -2.49. The van der Waals surface area contributed by atoms with Crippen LogP contribution in [0, 0.1) is 11.3 Å². The van der Waals surface area contributed by atoms with Crippen LogP contribution >= 0.6 is 0 Å². The van der Waals surface area contributed by atoms with Crippen LogP contribution in [-0.4, -0.2) is 28.5 Å². The predicted octanol–water partition coefficient (Wildman–Crippen LogP) is 3.44. The maximum absolute atomic E-state index is 11.1. The van der Waals surface area contributed by atoms with Crippen LogP contribution in [0.3, 0.4) is 0 Å². The van der Waals surface area contributed by atoms with Crippen LogP contribution in [0.15, 0.2) is 6.07 Å². The van der Waals surface area contributed by atoms with Gasteiger partial charge in [-0.15, -0.1) is 0 Å². The highest BCUT2D eigenvalue weighted by Crippen LogP contribution is 2.63. The van der Waals surface area contributed by atoms with Crippen molar-refractivity contribution in [2.75, 3.05) is 6.61 Å². The van der Waals surface area contributed by atoms with Crippen molar-refractivity contribution in [1.82, 2.24) is 0 Å². The summed E-state index contributed by atoms with van der Waals surface area (Å²) in [5.41, 5.74) is 2.68. The second-order valence-electron chi connectivity index (χ2n) is 9.01. The maximum atomic E-state index is 11.1. The van der Waals surface area contributed by atoms with E-state index in [0.717, 1.165) is 36.0 Å². The van der Waals surface area contributed by atoms with Gasteiger partial charge in [0.05, 0.1) is 18.3 Å². The summed E-state index contributed by atoms with van der Waals surface area (Å²) in [7, 11) is 0. The van der Waals surface area contributed by atoms with Crippen molar-refractivity contribution in [1.29, 1.82) is 0 Å². The summed E-state index contributed by atoms with van der Waals surface area (Å²) in [6, 6.07) is 2.12. The Bertz CT molecular complexity index is 725. The molecule has 2 N–H and O–H groups in total. The van der Waals surface area contributed by atoms with Crippen LogP contribution in [0.2, 0.25) is 0 Å². The molecule has 24 heavy (non-hydrogen) atoms. The van der Waals surface area contributed by atoms with Crippen LogP contribution in [0.5, 0.6) is 11.5 Å². The molecule has 0 unspecified atom stereocenters. The van der Waals surface area contributed by atoms with Gasteiger partial charge in [-0.05, 0) is 29.9 Å². The van der Waals surface area contributed by atoms with Gasteiger partial charge in [0.15, 0.2) is 11.5 Å². The van der Waals surface area contributed by atoms with Crippen LogP contribution in [0.25, 0.3) is 0 Å². The van der Waals surface area contributed by atoms with Crippen LogP contribution in [0.4, 0.5) is 0 Å². The fourth-order valence-electron chi connectivity index (χ4n) is 6.04. The van der Waals surface area contributed by atoms with Gasteiger partial charge in [-0.3, -0.25) is 0 Å². The Hall–Kier alpha value is -1.26. The molecule has 5 atom stereocenters. The van der Waals surface area contributed by atoms with Gasteiger partial charge >= 0.3 is 0 Å². The third-order valence-corrected chi connectivity index (χ3v) is 7.06. The van der Waals surface area contributed by atoms with E-state index < -0.39 is 6.10 Å². The first-order valence-corrected chi connectivity index (χ1v) is 9.21. The summed E-state index contributed by atoms with van der Waals surface area (Å²) in [6.45, 7) is 7.22. The number of aliphatic hydroxyl groups excluding tert-OH is 1. The van der Waals surface area contributed by atoms with Crippen molar-refractivity contribution in [2.45, 2.75) is 70.2 Å². The summed E-state index contributed by atoms with van der Waals surface area (Å²) in [5.74, 6) is 1.32. The molecule has 4 heteroatoms. The van der Waals surface area contributed by atoms with Crippen molar-refractivity contribution in [3.8, 4) is 11.5 Å². The largest absolute Gasteiger partial charge is 0.504 e. The van der Waals surface area contributed by atoms with Gasteiger partial charge in [0.1, 0.15) is 6.10 Å². The number of phenolic OH excluding ortho intramolecular Hbond substituents is 1. The van der Waals surface area contributed by atoms with Gasteiger partial charge in [-0.2, -0.15) is 0 Å². The predicted molar refractivity (Wildman–Crippen MR) is 89.4 cm³/mol. The minimum atomic E-state index is -0.503. The van der Waals surface area contributed by atoms with E-state index in [9.17, 15) is 10.2 Å². The van der Waals surface area contributed by atoms with Crippen molar-refractivity contribution in [3.63, 3.8) is 0 Å². The lowest BCUT2D eigenvalue weighted by atomic mass is 9.59. The van der Waals surface area contributed by atoms with E-state index in [-0.39, 0.29) is 34.7 Å². The molecule has 1 aliphatic carbocycles. The summed E-state index contributed by atoms with van der Waals surface area (Å²) in [6.07, 6.45) is 3.04. The van der Waals surface area contributed by atoms with Gasteiger partial charge in [0, 0.05) is 29.4 Å². The molecule has 5 rings (SSSR count). The number of ether oxygens (including phenoxy) is 2. The molecule has 4 aliphatic rings. The van der Waals surface area contributed by atoms with Crippen molar-refractivity contribution in [3.05, 3.63) is 22.8 Å². The highest BCUT2D eigenvalue weighted by molar-refractivity contribution is 5.60. The quantitative estimate of drug-likeness (QED) is 0.765. The van der Waals surface area contributed by atoms with E-state index >= 15 is 0 Å². The zero-order valence-corrected chi connectivity index (χ0v) is 14.6. The Labute approximate surface area is 142 Å². The molecule has 3 heterocycles. The fourth-order valence-corrected chi connectivity index (χ4v) is 6.04. The van der Waals surface area contributed by atoms with E-state index in [4.69, 9.17) is 9.47 Å². The number of phenols is 1. The highest BCUT2D eigenvalue weighted by atomic mass is 16.5. The van der Waals surface area contributed by atoms with Crippen LogP contribution < -0.4 is 4.74 Å². The van der Waals surface area contributed by atoms with E-state index in [2.05, 4.69) is 26.8 Å². The molecular weight excluding hydrogens is 304 g/mol. The number of hydrogen-bond acceptors (Lipinski definition) is 4. The minimum absolute atomic E-state index is 0.0522. The van der Waals surface area contributed by atoms with Gasteiger partial charge in [-0.1, -0.05) is 27.2 Å². The standard InChI is InChI=1S/C20H26O4/c1-10-9-23-16-11(10)7-12-13(14(16)21)8-20-6-4-5-19(2,3)18(20)15(22)17(12)24-20/h7,10,15,17-18,21-22H,4-6,8-9H2,1-3H3/t10-,15-,17-,18-,20-/m0/s1. The first-order valence-electron chi connectivity index (χ1n) is 9.21. The number of aliphatic hydroxyl groups is 1. The molecule has 1 aromatic carbocycles. The highest BCUT2D eigenvalue weighted by Gasteiger charge is 2.64. The molecule has 1 aromatic rings. The Morgan fingerprint density at radius 2 is 2.00 bits per heavy atom. The Morgan fingerprint density at radius 3 is 2.79 bits per heavy atom. The molecule has 2 fully saturated rings. The van der Waals surface area contributed by atoms with Crippen LogP contribution in [-0.2, 0) is 11.2 Å². The van der Waals surface area contributed by atoms with E-state index in [1.807, 2.05) is 0 Å². The SMILES string of the molecule is C[C@H]1COc2c1cc1c(c2O)C[C@@]23CCCC(C)(C)[C@@H]2[C@@H](O)[C@H]1O3. The lowest BCUT2D eigenvalue weighted by molar-refractivity contribution is -0.114. The van der Waals surface area contributed by atoms with Gasteiger partial charge in [-0.25, -0.2) is 0 Å². The molecular formula is C20H26O4. The molecule has 3 aliphatic heterocycles. The Balaban J connectivity index is 1.70. The Kier molecular flexibility index (Phi) is 2.80. The second kappa shape index (κ2) is 4.47. The lowest BCUT2D eigenvalue weighted by Crippen LogP contribution is -2.51. The topological polar surface area (TPSA) is 58.9 Å². The molecule has 1 spiro atoms. The van der Waals surface area contributed by atoms with E-state index in [1.165, 1.54) is 0 Å². The van der Waals surface area contributed by atoms with Crippen molar-refractivity contribution in [2.24, 2.45) is 11.3 Å².